The van der Waals surface area contributed by atoms with E-state index in [2.05, 4.69) is 34.9 Å². The predicted molar refractivity (Wildman–Crippen MR) is 124 cm³/mol. The quantitative estimate of drug-likeness (QED) is 0.590. The van der Waals surface area contributed by atoms with Crippen LogP contribution in [0.5, 0.6) is 0 Å². The molecule has 2 aromatic rings. The number of benzene rings is 2. The van der Waals surface area contributed by atoms with Crippen molar-refractivity contribution in [2.75, 3.05) is 6.61 Å². The largest absolute Gasteiger partial charge is 0.481 e. The van der Waals surface area contributed by atoms with Gasteiger partial charge in [-0.3, -0.25) is 9.59 Å². The van der Waals surface area contributed by atoms with Crippen molar-refractivity contribution in [3.63, 3.8) is 0 Å². The number of hydrogen-bond donors (Lipinski definition) is 3. The number of hydrogen-bond acceptors (Lipinski definition) is 4. The number of amides is 2. The van der Waals surface area contributed by atoms with Crippen molar-refractivity contribution < 1.29 is 24.2 Å². The van der Waals surface area contributed by atoms with Gasteiger partial charge in [-0.2, -0.15) is 0 Å². The Bertz CT molecular complexity index is 991. The van der Waals surface area contributed by atoms with Crippen molar-refractivity contribution in [1.29, 1.82) is 0 Å². The summed E-state index contributed by atoms with van der Waals surface area (Å²) in [4.78, 5) is 36.0. The maximum absolute atomic E-state index is 12.4. The molecule has 0 saturated heterocycles. The summed E-state index contributed by atoms with van der Waals surface area (Å²) < 4.78 is 5.54. The fourth-order valence-corrected chi connectivity index (χ4v) is 5.00. The summed E-state index contributed by atoms with van der Waals surface area (Å²) >= 11 is 0. The van der Waals surface area contributed by atoms with Crippen LogP contribution < -0.4 is 10.6 Å². The van der Waals surface area contributed by atoms with Crippen LogP contribution in [-0.2, 0) is 14.3 Å². The smallest absolute Gasteiger partial charge is 0.407 e. The molecule has 0 heterocycles. The number of fused-ring (bicyclic) bond motifs is 3. The molecule has 1 saturated carbocycles. The third kappa shape index (κ3) is 5.35. The van der Waals surface area contributed by atoms with E-state index in [1.807, 2.05) is 24.3 Å². The monoisotopic (exact) mass is 450 g/mol. The Labute approximate surface area is 193 Å². The molecule has 0 bridgehead atoms. The Hall–Kier alpha value is -3.35. The second-order valence-electron chi connectivity index (χ2n) is 9.04. The van der Waals surface area contributed by atoms with Gasteiger partial charge in [0.2, 0.25) is 5.91 Å². The molecule has 33 heavy (non-hydrogen) atoms. The van der Waals surface area contributed by atoms with Crippen molar-refractivity contribution in [3.8, 4) is 11.1 Å². The average molecular weight is 451 g/mol. The first-order valence-electron chi connectivity index (χ1n) is 11.6. The number of alkyl carbamates (subject to hydrolysis) is 1. The highest BCUT2D eigenvalue weighted by molar-refractivity contribution is 5.80. The first-order valence-corrected chi connectivity index (χ1v) is 11.6. The van der Waals surface area contributed by atoms with Gasteiger partial charge in [0.15, 0.2) is 0 Å². The van der Waals surface area contributed by atoms with Gasteiger partial charge < -0.3 is 20.5 Å². The number of nitrogens with one attached hydrogen (secondary N) is 2. The number of rotatable bonds is 7. The second kappa shape index (κ2) is 10.1. The Morgan fingerprint density at radius 2 is 1.67 bits per heavy atom. The second-order valence-corrected chi connectivity index (χ2v) is 9.04. The van der Waals surface area contributed by atoms with Gasteiger partial charge in [-0.25, -0.2) is 4.79 Å². The zero-order valence-electron chi connectivity index (χ0n) is 18.8. The zero-order valence-corrected chi connectivity index (χ0v) is 18.8. The van der Waals surface area contributed by atoms with E-state index in [9.17, 15) is 19.5 Å². The van der Waals surface area contributed by atoms with E-state index in [1.165, 1.54) is 11.1 Å². The molecule has 0 aromatic heterocycles. The predicted octanol–water partition coefficient (Wildman–Crippen LogP) is 4.06. The molecule has 2 aliphatic rings. The fraction of sp³-hybridized carbons (Fsp3) is 0.423. The number of carbonyl (C=O) groups is 3. The summed E-state index contributed by atoms with van der Waals surface area (Å²) in [6.45, 7) is 1.97. The van der Waals surface area contributed by atoms with E-state index in [1.54, 1.807) is 6.92 Å². The molecule has 174 valence electrons. The van der Waals surface area contributed by atoms with Gasteiger partial charge in [-0.1, -0.05) is 55.0 Å². The van der Waals surface area contributed by atoms with Gasteiger partial charge in [-0.15, -0.1) is 0 Å². The van der Waals surface area contributed by atoms with Gasteiger partial charge in [0, 0.05) is 24.4 Å². The lowest BCUT2D eigenvalue weighted by Crippen LogP contribution is -2.43. The Morgan fingerprint density at radius 1 is 1.03 bits per heavy atom. The average Bonchev–Trinajstić information content (AvgIpc) is 3.11. The molecule has 3 atom stereocenters. The summed E-state index contributed by atoms with van der Waals surface area (Å²) in [6, 6.07) is 15.8. The first-order chi connectivity index (χ1) is 15.9. The zero-order chi connectivity index (χ0) is 23.4. The van der Waals surface area contributed by atoms with Gasteiger partial charge in [0.05, 0.1) is 5.92 Å². The molecule has 2 amide bonds. The van der Waals surface area contributed by atoms with Crippen LogP contribution in [0.25, 0.3) is 11.1 Å². The maximum atomic E-state index is 12.4. The molecule has 0 spiro atoms. The van der Waals surface area contributed by atoms with Crippen LogP contribution in [0.15, 0.2) is 48.5 Å². The Balaban J connectivity index is 1.25. The number of carboxylic acids is 1. The van der Waals surface area contributed by atoms with E-state index in [-0.39, 0.29) is 30.9 Å². The lowest BCUT2D eigenvalue weighted by Gasteiger charge is -2.27. The summed E-state index contributed by atoms with van der Waals surface area (Å²) in [5, 5.41) is 14.8. The van der Waals surface area contributed by atoms with Gasteiger partial charge >= 0.3 is 12.1 Å². The van der Waals surface area contributed by atoms with Crippen LogP contribution in [0.3, 0.4) is 0 Å². The minimum atomic E-state index is -0.806. The Morgan fingerprint density at radius 3 is 2.30 bits per heavy atom. The van der Waals surface area contributed by atoms with E-state index >= 15 is 0 Å². The lowest BCUT2D eigenvalue weighted by atomic mass is 9.85. The number of aliphatic carboxylic acids is 1. The lowest BCUT2D eigenvalue weighted by molar-refractivity contribution is -0.143. The summed E-state index contributed by atoms with van der Waals surface area (Å²) in [5.41, 5.74) is 4.62. The molecule has 4 rings (SSSR count). The van der Waals surface area contributed by atoms with Crippen molar-refractivity contribution in [2.24, 2.45) is 5.92 Å². The third-order valence-corrected chi connectivity index (χ3v) is 6.59. The molecule has 1 fully saturated rings. The van der Waals surface area contributed by atoms with Crippen LogP contribution in [0, 0.1) is 5.92 Å². The highest BCUT2D eigenvalue weighted by Gasteiger charge is 2.30. The fourth-order valence-electron chi connectivity index (χ4n) is 5.00. The highest BCUT2D eigenvalue weighted by atomic mass is 16.5. The maximum Gasteiger partial charge on any atom is 0.407 e. The number of carbonyl (C=O) groups excluding carboxylic acids is 2. The van der Waals surface area contributed by atoms with Crippen LogP contribution in [-0.4, -0.2) is 41.8 Å². The molecule has 0 radical (unpaired) electrons. The van der Waals surface area contributed by atoms with E-state index < -0.39 is 24.0 Å². The normalized spacial score (nSPS) is 20.3. The molecule has 0 unspecified atom stereocenters. The summed E-state index contributed by atoms with van der Waals surface area (Å²) in [6.07, 6.45) is 2.23. The van der Waals surface area contributed by atoms with Gasteiger partial charge in [0.1, 0.15) is 6.61 Å². The van der Waals surface area contributed by atoms with Crippen molar-refractivity contribution in [2.45, 2.75) is 57.0 Å². The van der Waals surface area contributed by atoms with Crippen molar-refractivity contribution >= 4 is 18.0 Å². The SMILES string of the molecule is C[C@H](CC(=O)N[C@@H]1CCC[C@@H](C(=O)O)C1)NC(=O)OCC1c2ccccc2-c2ccccc21. The van der Waals surface area contributed by atoms with E-state index in [4.69, 9.17) is 4.74 Å². The topological polar surface area (TPSA) is 105 Å². The Kier molecular flexibility index (Phi) is 6.96. The third-order valence-electron chi connectivity index (χ3n) is 6.59. The summed E-state index contributed by atoms with van der Waals surface area (Å²) in [5.74, 6) is -1.42. The number of carboxylic acid groups (broad SMARTS) is 1. The summed E-state index contributed by atoms with van der Waals surface area (Å²) in [7, 11) is 0. The highest BCUT2D eigenvalue weighted by Crippen LogP contribution is 2.44. The molecule has 0 aliphatic heterocycles. The first kappa shape index (κ1) is 22.8. The van der Waals surface area contributed by atoms with Crippen LogP contribution in [0.1, 0.15) is 56.1 Å². The minimum absolute atomic E-state index is 0.0183. The minimum Gasteiger partial charge on any atom is -0.481 e. The molecular weight excluding hydrogens is 420 g/mol. The molecule has 3 N–H and O–H groups in total. The van der Waals surface area contributed by atoms with Crippen LogP contribution in [0.2, 0.25) is 0 Å². The number of ether oxygens (including phenoxy) is 1. The van der Waals surface area contributed by atoms with Crippen LogP contribution >= 0.6 is 0 Å². The van der Waals surface area contributed by atoms with E-state index in [0.717, 1.165) is 24.0 Å². The molecule has 2 aliphatic carbocycles. The standard InChI is InChI=1S/C26H30N2O5/c1-16(13-24(29)28-18-8-6-7-17(14-18)25(30)31)27-26(32)33-15-23-21-11-4-2-9-19(21)20-10-3-5-12-22(20)23/h2-5,9-12,16-18,23H,6-8,13-15H2,1H3,(H,27,32)(H,28,29)(H,30,31)/t16-,17-,18-/m1/s1. The van der Waals surface area contributed by atoms with Crippen LogP contribution in [0.4, 0.5) is 4.79 Å². The molecule has 7 nitrogen and oxygen atoms in total. The molecule has 2 aromatic carbocycles. The van der Waals surface area contributed by atoms with E-state index in [0.29, 0.717) is 12.8 Å². The molecular formula is C26H30N2O5. The molecule has 7 heteroatoms. The van der Waals surface area contributed by atoms with Gasteiger partial charge in [-0.05, 0) is 48.4 Å². The van der Waals surface area contributed by atoms with Crippen molar-refractivity contribution in [3.05, 3.63) is 59.7 Å². The van der Waals surface area contributed by atoms with Gasteiger partial charge in [0.25, 0.3) is 0 Å². The van der Waals surface area contributed by atoms with Crippen molar-refractivity contribution in [1.82, 2.24) is 10.6 Å².